The van der Waals surface area contributed by atoms with Crippen LogP contribution < -0.4 is 16.6 Å². The normalized spacial score (nSPS) is 15.8. The average Bonchev–Trinajstić information content (AvgIpc) is 3.16. The van der Waals surface area contributed by atoms with Crippen molar-refractivity contribution in [2.24, 2.45) is 0 Å². The second kappa shape index (κ2) is 7.79. The number of anilines is 1. The van der Waals surface area contributed by atoms with E-state index in [1.54, 1.807) is 6.07 Å². The van der Waals surface area contributed by atoms with Crippen molar-refractivity contribution in [2.45, 2.75) is 25.4 Å². The van der Waals surface area contributed by atoms with E-state index in [-0.39, 0.29) is 16.6 Å². The molecule has 0 unspecified atom stereocenters. The smallest absolute Gasteiger partial charge is 0.261 e. The average molecular weight is 420 g/mol. The van der Waals surface area contributed by atoms with E-state index < -0.39 is 11.4 Å². The summed E-state index contributed by atoms with van der Waals surface area (Å²) in [5, 5.41) is 3.82. The van der Waals surface area contributed by atoms with Gasteiger partial charge in [-0.15, -0.1) is 0 Å². The Labute approximate surface area is 178 Å². The quantitative estimate of drug-likeness (QED) is 0.407. The van der Waals surface area contributed by atoms with E-state index >= 15 is 0 Å². The molecule has 3 heterocycles. The van der Waals surface area contributed by atoms with Crippen LogP contribution in [0.5, 0.6) is 0 Å². The standard InChI is InChI=1S/C23H25FN6O/c1-30-9-7-14(8-10-30)26-12-13-5-6-16-18(11-13)28-22(27-16)20-21(25)19-15(24)3-2-4-17(19)29-23(20)31/h2-6,11,14,26H,7-10,12H2,1H3,(H,27,28)(H3,25,29,31). The van der Waals surface area contributed by atoms with Crippen molar-refractivity contribution in [2.75, 3.05) is 25.9 Å². The molecule has 5 rings (SSSR count). The lowest BCUT2D eigenvalue weighted by atomic mass is 10.1. The molecule has 0 bridgehead atoms. The number of imidazole rings is 1. The first-order chi connectivity index (χ1) is 15.0. The molecule has 1 saturated heterocycles. The van der Waals surface area contributed by atoms with Crippen molar-refractivity contribution in [1.29, 1.82) is 0 Å². The zero-order valence-electron chi connectivity index (χ0n) is 17.3. The molecule has 160 valence electrons. The highest BCUT2D eigenvalue weighted by Gasteiger charge is 2.19. The van der Waals surface area contributed by atoms with Gasteiger partial charge in [-0.2, -0.15) is 0 Å². The fourth-order valence-corrected chi connectivity index (χ4v) is 4.33. The number of H-pyrrole nitrogens is 2. The van der Waals surface area contributed by atoms with Crippen LogP contribution in [0.2, 0.25) is 0 Å². The van der Waals surface area contributed by atoms with Crippen LogP contribution in [-0.2, 0) is 6.54 Å². The molecule has 1 aliphatic rings. The number of piperidine rings is 1. The number of hydrogen-bond donors (Lipinski definition) is 4. The van der Waals surface area contributed by atoms with Crippen molar-refractivity contribution in [3.8, 4) is 11.4 Å². The van der Waals surface area contributed by atoms with Crippen LogP contribution in [0.4, 0.5) is 10.1 Å². The van der Waals surface area contributed by atoms with Gasteiger partial charge in [0.2, 0.25) is 0 Å². The fraction of sp³-hybridized carbons (Fsp3) is 0.304. The van der Waals surface area contributed by atoms with Gasteiger partial charge < -0.3 is 25.9 Å². The second-order valence-electron chi connectivity index (χ2n) is 8.30. The molecule has 31 heavy (non-hydrogen) atoms. The molecule has 1 aliphatic heterocycles. The lowest BCUT2D eigenvalue weighted by Gasteiger charge is -2.29. The number of nitrogens with zero attached hydrogens (tertiary/aromatic N) is 2. The maximum absolute atomic E-state index is 14.3. The molecule has 0 atom stereocenters. The number of benzene rings is 2. The Morgan fingerprint density at radius 2 is 2.00 bits per heavy atom. The molecule has 0 amide bonds. The van der Waals surface area contributed by atoms with Gasteiger partial charge in [-0.1, -0.05) is 12.1 Å². The summed E-state index contributed by atoms with van der Waals surface area (Å²) in [6.07, 6.45) is 2.29. The molecule has 0 aliphatic carbocycles. The largest absolute Gasteiger partial charge is 0.397 e. The monoisotopic (exact) mass is 420 g/mol. The lowest BCUT2D eigenvalue weighted by molar-refractivity contribution is 0.234. The lowest BCUT2D eigenvalue weighted by Crippen LogP contribution is -2.40. The van der Waals surface area contributed by atoms with E-state index in [9.17, 15) is 9.18 Å². The van der Waals surface area contributed by atoms with Crippen molar-refractivity contribution in [3.05, 3.63) is 58.1 Å². The molecule has 0 saturated carbocycles. The summed E-state index contributed by atoms with van der Waals surface area (Å²) in [6, 6.07) is 11.0. The first kappa shape index (κ1) is 19.7. The third-order valence-electron chi connectivity index (χ3n) is 6.12. The summed E-state index contributed by atoms with van der Waals surface area (Å²) in [4.78, 5) is 25.5. The summed E-state index contributed by atoms with van der Waals surface area (Å²) < 4.78 is 14.3. The Balaban J connectivity index is 1.45. The van der Waals surface area contributed by atoms with Crippen LogP contribution in [0, 0.1) is 5.82 Å². The van der Waals surface area contributed by atoms with Gasteiger partial charge in [0.1, 0.15) is 17.2 Å². The van der Waals surface area contributed by atoms with Crippen molar-refractivity contribution in [3.63, 3.8) is 0 Å². The molecule has 7 nitrogen and oxygen atoms in total. The number of nitrogens with two attached hydrogens (primary N) is 1. The maximum atomic E-state index is 14.3. The number of halogens is 1. The molecule has 1 fully saturated rings. The van der Waals surface area contributed by atoms with E-state index in [0.29, 0.717) is 17.4 Å². The van der Waals surface area contributed by atoms with E-state index in [0.717, 1.165) is 49.1 Å². The Hall–Kier alpha value is -3.23. The van der Waals surface area contributed by atoms with Crippen LogP contribution in [-0.4, -0.2) is 46.0 Å². The Morgan fingerprint density at radius 3 is 2.81 bits per heavy atom. The molecule has 2 aromatic carbocycles. The number of hydrogen-bond acceptors (Lipinski definition) is 5. The summed E-state index contributed by atoms with van der Waals surface area (Å²) in [6.45, 7) is 2.99. The van der Waals surface area contributed by atoms with Gasteiger partial charge in [0.05, 0.1) is 27.6 Å². The molecule has 2 aromatic heterocycles. The van der Waals surface area contributed by atoms with Crippen LogP contribution in [0.25, 0.3) is 33.3 Å². The van der Waals surface area contributed by atoms with E-state index in [2.05, 4.69) is 32.2 Å². The summed E-state index contributed by atoms with van der Waals surface area (Å²) in [7, 11) is 2.15. The topological polar surface area (TPSA) is 103 Å². The number of aromatic nitrogens is 3. The number of nitrogens with one attached hydrogen (secondary N) is 3. The number of nitrogen functional groups attached to an aromatic ring is 1. The van der Waals surface area contributed by atoms with Crippen LogP contribution in [0.15, 0.2) is 41.2 Å². The van der Waals surface area contributed by atoms with E-state index in [1.165, 1.54) is 12.1 Å². The molecular weight excluding hydrogens is 395 g/mol. The highest BCUT2D eigenvalue weighted by Crippen LogP contribution is 2.30. The van der Waals surface area contributed by atoms with Gasteiger partial charge in [0.15, 0.2) is 0 Å². The summed E-state index contributed by atoms with van der Waals surface area (Å²) in [5.41, 5.74) is 9.08. The minimum atomic E-state index is -0.481. The van der Waals surface area contributed by atoms with Gasteiger partial charge >= 0.3 is 0 Å². The molecule has 5 N–H and O–H groups in total. The van der Waals surface area contributed by atoms with E-state index in [1.807, 2.05) is 18.2 Å². The van der Waals surface area contributed by atoms with E-state index in [4.69, 9.17) is 5.73 Å². The molecule has 8 heteroatoms. The Kier molecular flexibility index (Phi) is 4.95. The highest BCUT2D eigenvalue weighted by atomic mass is 19.1. The van der Waals surface area contributed by atoms with Gasteiger partial charge in [-0.3, -0.25) is 4.79 Å². The number of rotatable bonds is 4. The predicted octanol–water partition coefficient (Wildman–Crippen LogP) is 2.98. The molecule has 0 radical (unpaired) electrons. The summed E-state index contributed by atoms with van der Waals surface area (Å²) in [5.74, 6) is -0.148. The Morgan fingerprint density at radius 1 is 1.19 bits per heavy atom. The van der Waals surface area contributed by atoms with Crippen LogP contribution in [0.3, 0.4) is 0 Å². The van der Waals surface area contributed by atoms with Crippen LogP contribution in [0.1, 0.15) is 18.4 Å². The number of likely N-dealkylation sites (tertiary alicyclic amines) is 1. The predicted molar refractivity (Wildman–Crippen MR) is 121 cm³/mol. The SMILES string of the molecule is CN1CCC(NCc2ccc3nc(-c4c(N)c5c(F)cccc5[nH]c4=O)[nH]c3c2)CC1. The zero-order valence-corrected chi connectivity index (χ0v) is 17.3. The molecular formula is C23H25FN6O. The third-order valence-corrected chi connectivity index (χ3v) is 6.12. The zero-order chi connectivity index (χ0) is 21.5. The number of pyridine rings is 1. The third kappa shape index (κ3) is 3.68. The van der Waals surface area contributed by atoms with Crippen LogP contribution >= 0.6 is 0 Å². The van der Waals surface area contributed by atoms with Gasteiger partial charge in [-0.25, -0.2) is 9.37 Å². The van der Waals surface area contributed by atoms with Gasteiger partial charge in [0.25, 0.3) is 5.56 Å². The first-order valence-electron chi connectivity index (χ1n) is 10.5. The highest BCUT2D eigenvalue weighted by molar-refractivity contribution is 5.98. The van der Waals surface area contributed by atoms with Crippen molar-refractivity contribution >= 4 is 27.6 Å². The minimum absolute atomic E-state index is 0.0834. The second-order valence-corrected chi connectivity index (χ2v) is 8.30. The first-order valence-corrected chi connectivity index (χ1v) is 10.5. The van der Waals surface area contributed by atoms with Gasteiger partial charge in [0, 0.05) is 12.6 Å². The minimum Gasteiger partial charge on any atom is -0.397 e. The molecule has 0 spiro atoms. The number of fused-ring (bicyclic) bond motifs is 2. The van der Waals surface area contributed by atoms with Crippen molar-refractivity contribution < 1.29 is 4.39 Å². The summed E-state index contributed by atoms with van der Waals surface area (Å²) >= 11 is 0. The number of aromatic amines is 2. The van der Waals surface area contributed by atoms with Crippen molar-refractivity contribution in [1.82, 2.24) is 25.2 Å². The maximum Gasteiger partial charge on any atom is 0.261 e. The Bertz CT molecular complexity index is 1320. The fourth-order valence-electron chi connectivity index (χ4n) is 4.33. The van der Waals surface area contributed by atoms with Gasteiger partial charge in [-0.05, 0) is 62.8 Å². The molecule has 4 aromatic rings.